The van der Waals surface area contributed by atoms with Crippen molar-refractivity contribution in [3.8, 4) is 0 Å². The van der Waals surface area contributed by atoms with Gasteiger partial charge in [-0.05, 0) is 50.7 Å². The van der Waals surface area contributed by atoms with E-state index in [1.807, 2.05) is 0 Å². The summed E-state index contributed by atoms with van der Waals surface area (Å²) in [5.74, 6) is 0. The molecule has 0 unspecified atom stereocenters. The van der Waals surface area contributed by atoms with Crippen LogP contribution in [0.25, 0.3) is 10.9 Å². The van der Waals surface area contributed by atoms with Gasteiger partial charge in [-0.25, -0.2) is 0 Å². The molecule has 124 valence electrons. The Morgan fingerprint density at radius 3 is 2.83 bits per heavy atom. The van der Waals surface area contributed by atoms with E-state index in [1.165, 1.54) is 33.4 Å². The molecule has 0 bridgehead atoms. The van der Waals surface area contributed by atoms with Crippen molar-refractivity contribution in [2.45, 2.75) is 39.8 Å². The molecule has 3 aromatic rings. The molecule has 1 aliphatic rings. The molecular formula is C21H25N3. The molecule has 4 rings (SSSR count). The highest BCUT2D eigenvalue weighted by Crippen LogP contribution is 2.31. The summed E-state index contributed by atoms with van der Waals surface area (Å²) in [5, 5.41) is 1.44. The number of likely N-dealkylation sites (N-methyl/N-ethyl adjacent to an activating group) is 1. The summed E-state index contributed by atoms with van der Waals surface area (Å²) in [5.41, 5.74) is 8.07. The molecule has 0 fully saturated rings. The molecule has 3 heteroatoms. The van der Waals surface area contributed by atoms with E-state index < -0.39 is 0 Å². The van der Waals surface area contributed by atoms with Gasteiger partial charge >= 0.3 is 0 Å². The summed E-state index contributed by atoms with van der Waals surface area (Å²) >= 11 is 0. The summed E-state index contributed by atoms with van der Waals surface area (Å²) in [7, 11) is 2.22. The van der Waals surface area contributed by atoms with Crippen LogP contribution in [0, 0.1) is 13.8 Å². The fourth-order valence-electron chi connectivity index (χ4n) is 3.92. The average molecular weight is 319 g/mol. The van der Waals surface area contributed by atoms with Crippen LogP contribution in [0.4, 0.5) is 0 Å². The van der Waals surface area contributed by atoms with E-state index in [0.717, 1.165) is 38.2 Å². The minimum atomic E-state index is 0.988. The number of hydrogen-bond donors (Lipinski definition) is 0. The van der Waals surface area contributed by atoms with Crippen LogP contribution in [-0.2, 0) is 25.9 Å². The quantitative estimate of drug-likeness (QED) is 0.730. The molecule has 3 heterocycles. The molecule has 0 saturated heterocycles. The Kier molecular flexibility index (Phi) is 3.89. The molecule has 1 aromatic carbocycles. The Morgan fingerprint density at radius 2 is 2.00 bits per heavy atom. The van der Waals surface area contributed by atoms with Crippen molar-refractivity contribution in [3.63, 3.8) is 0 Å². The number of rotatable bonds is 3. The van der Waals surface area contributed by atoms with E-state index in [0.29, 0.717) is 0 Å². The first-order valence-corrected chi connectivity index (χ1v) is 8.83. The SMILES string of the molecule is Cc1ccc2c(c1)c1c(n2CCc2cccc(C)n2)CCN(C)C1. The van der Waals surface area contributed by atoms with Crippen molar-refractivity contribution in [3.05, 3.63) is 64.6 Å². The van der Waals surface area contributed by atoms with Gasteiger partial charge in [-0.15, -0.1) is 0 Å². The van der Waals surface area contributed by atoms with Gasteiger partial charge in [-0.2, -0.15) is 0 Å². The van der Waals surface area contributed by atoms with Crippen molar-refractivity contribution in [2.75, 3.05) is 13.6 Å². The second-order valence-corrected chi connectivity index (χ2v) is 7.11. The maximum absolute atomic E-state index is 4.67. The molecule has 0 saturated carbocycles. The summed E-state index contributed by atoms with van der Waals surface area (Å²) < 4.78 is 2.54. The molecule has 0 amide bonds. The molecule has 24 heavy (non-hydrogen) atoms. The molecule has 0 N–H and O–H groups in total. The maximum Gasteiger partial charge on any atom is 0.0486 e. The number of nitrogens with zero attached hydrogens (tertiary/aromatic N) is 3. The van der Waals surface area contributed by atoms with Gasteiger partial charge in [-0.3, -0.25) is 4.98 Å². The van der Waals surface area contributed by atoms with Crippen LogP contribution >= 0.6 is 0 Å². The van der Waals surface area contributed by atoms with Gasteiger partial charge < -0.3 is 9.47 Å². The third-order valence-electron chi connectivity index (χ3n) is 5.14. The highest BCUT2D eigenvalue weighted by Gasteiger charge is 2.22. The molecule has 0 radical (unpaired) electrons. The number of aryl methyl sites for hydroxylation is 4. The van der Waals surface area contributed by atoms with E-state index in [1.54, 1.807) is 0 Å². The Hall–Kier alpha value is -2.13. The predicted octanol–water partition coefficient (Wildman–Crippen LogP) is 3.88. The number of pyridine rings is 1. The van der Waals surface area contributed by atoms with Crippen molar-refractivity contribution in [2.24, 2.45) is 0 Å². The second kappa shape index (κ2) is 6.06. The topological polar surface area (TPSA) is 21.1 Å². The van der Waals surface area contributed by atoms with E-state index in [-0.39, 0.29) is 0 Å². The van der Waals surface area contributed by atoms with Crippen LogP contribution in [0.2, 0.25) is 0 Å². The van der Waals surface area contributed by atoms with Crippen LogP contribution in [0.1, 0.15) is 28.2 Å². The normalized spacial score (nSPS) is 15.0. The van der Waals surface area contributed by atoms with E-state index in [2.05, 4.69) is 71.7 Å². The van der Waals surface area contributed by atoms with Gasteiger partial charge in [0.25, 0.3) is 0 Å². The van der Waals surface area contributed by atoms with Gasteiger partial charge in [0.15, 0.2) is 0 Å². The molecule has 0 atom stereocenters. The fraction of sp³-hybridized carbons (Fsp3) is 0.381. The van der Waals surface area contributed by atoms with Crippen molar-refractivity contribution >= 4 is 10.9 Å². The summed E-state index contributed by atoms with van der Waals surface area (Å²) in [6, 6.07) is 13.2. The van der Waals surface area contributed by atoms with Crippen LogP contribution in [0.5, 0.6) is 0 Å². The van der Waals surface area contributed by atoms with E-state index >= 15 is 0 Å². The standard InChI is InChI=1S/C21H25N3/c1-15-7-8-20-18(13-15)19-14-23(3)11-10-21(19)24(20)12-9-17-6-4-5-16(2)22-17/h4-8,13H,9-12,14H2,1-3H3. The monoisotopic (exact) mass is 319 g/mol. The van der Waals surface area contributed by atoms with Gasteiger partial charge in [0, 0.05) is 60.5 Å². The zero-order valence-corrected chi connectivity index (χ0v) is 14.8. The number of aromatic nitrogens is 2. The number of benzene rings is 1. The lowest BCUT2D eigenvalue weighted by atomic mass is 10.0. The molecule has 0 aliphatic carbocycles. The van der Waals surface area contributed by atoms with Crippen LogP contribution < -0.4 is 0 Å². The third kappa shape index (κ3) is 2.73. The highest BCUT2D eigenvalue weighted by molar-refractivity contribution is 5.86. The minimum absolute atomic E-state index is 0.988. The van der Waals surface area contributed by atoms with Gasteiger partial charge in [0.1, 0.15) is 0 Å². The Balaban J connectivity index is 1.74. The van der Waals surface area contributed by atoms with Crippen LogP contribution in [0.3, 0.4) is 0 Å². The summed E-state index contributed by atoms with van der Waals surface area (Å²) in [4.78, 5) is 7.10. The smallest absolute Gasteiger partial charge is 0.0486 e. The van der Waals surface area contributed by atoms with Gasteiger partial charge in [0.05, 0.1) is 0 Å². The summed E-state index contributed by atoms with van der Waals surface area (Å²) in [6.45, 7) is 7.46. The zero-order chi connectivity index (χ0) is 16.7. The van der Waals surface area contributed by atoms with Crippen molar-refractivity contribution < 1.29 is 0 Å². The average Bonchev–Trinajstić information content (AvgIpc) is 2.85. The van der Waals surface area contributed by atoms with Crippen LogP contribution in [-0.4, -0.2) is 28.0 Å². The predicted molar refractivity (Wildman–Crippen MR) is 99.4 cm³/mol. The molecular weight excluding hydrogens is 294 g/mol. The highest BCUT2D eigenvalue weighted by atomic mass is 15.1. The second-order valence-electron chi connectivity index (χ2n) is 7.11. The Bertz CT molecular complexity index is 891. The van der Waals surface area contributed by atoms with Crippen molar-refractivity contribution in [1.82, 2.24) is 14.5 Å². The largest absolute Gasteiger partial charge is 0.344 e. The zero-order valence-electron chi connectivity index (χ0n) is 14.8. The fourth-order valence-corrected chi connectivity index (χ4v) is 3.92. The first kappa shape index (κ1) is 15.4. The first-order valence-electron chi connectivity index (χ1n) is 8.83. The molecule has 1 aliphatic heterocycles. The molecule has 2 aromatic heterocycles. The molecule has 0 spiro atoms. The van der Waals surface area contributed by atoms with Crippen LogP contribution in [0.15, 0.2) is 36.4 Å². The summed E-state index contributed by atoms with van der Waals surface area (Å²) in [6.07, 6.45) is 2.13. The van der Waals surface area contributed by atoms with E-state index in [4.69, 9.17) is 0 Å². The molecule has 3 nitrogen and oxygen atoms in total. The lowest BCUT2D eigenvalue weighted by Crippen LogP contribution is -2.27. The van der Waals surface area contributed by atoms with Gasteiger partial charge in [0.2, 0.25) is 0 Å². The lowest BCUT2D eigenvalue weighted by Gasteiger charge is -2.24. The first-order chi connectivity index (χ1) is 11.6. The number of hydrogen-bond acceptors (Lipinski definition) is 2. The lowest BCUT2D eigenvalue weighted by molar-refractivity contribution is 0.309. The third-order valence-corrected chi connectivity index (χ3v) is 5.14. The Morgan fingerprint density at radius 1 is 1.12 bits per heavy atom. The van der Waals surface area contributed by atoms with Crippen molar-refractivity contribution in [1.29, 1.82) is 0 Å². The Labute approximate surface area is 143 Å². The minimum Gasteiger partial charge on any atom is -0.344 e. The van der Waals surface area contributed by atoms with Gasteiger partial charge in [-0.1, -0.05) is 17.7 Å². The van der Waals surface area contributed by atoms with E-state index in [9.17, 15) is 0 Å². The maximum atomic E-state index is 4.67. The number of fused-ring (bicyclic) bond motifs is 3.